The Bertz CT molecular complexity index is 806. The number of nitrogens with zero attached hydrogens (tertiary/aromatic N) is 4. The van der Waals surface area contributed by atoms with Crippen molar-refractivity contribution < 1.29 is 14.7 Å². The molecule has 2 aromatic rings. The lowest BCUT2D eigenvalue weighted by molar-refractivity contribution is -0.127. The average molecular weight is 326 g/mol. The summed E-state index contributed by atoms with van der Waals surface area (Å²) in [4.78, 5) is 37.5. The zero-order valence-corrected chi connectivity index (χ0v) is 13.6. The molecule has 0 aromatic carbocycles. The van der Waals surface area contributed by atoms with Crippen molar-refractivity contribution in [3.05, 3.63) is 41.6 Å². The van der Waals surface area contributed by atoms with Gasteiger partial charge in [0.15, 0.2) is 0 Å². The van der Waals surface area contributed by atoms with Gasteiger partial charge in [0.05, 0.1) is 11.3 Å². The van der Waals surface area contributed by atoms with Gasteiger partial charge in [-0.05, 0) is 25.5 Å². The van der Waals surface area contributed by atoms with Crippen molar-refractivity contribution in [1.29, 1.82) is 0 Å². The standard InChI is InChI=1S/C17H18N4O3/c1-10-5-15(13-6-14(17(23)24)8-18-7-13)20-16(19-10)12-3-4-21(9-12)11(2)22/h5-8,12H,3-4,9H2,1-2H3,(H,23,24)/t12-/m1/s1. The molecule has 3 rings (SSSR count). The van der Waals surface area contributed by atoms with Gasteiger partial charge in [-0.3, -0.25) is 9.78 Å². The second kappa shape index (κ2) is 6.35. The summed E-state index contributed by atoms with van der Waals surface area (Å²) in [6, 6.07) is 3.36. The van der Waals surface area contributed by atoms with Gasteiger partial charge in [-0.1, -0.05) is 0 Å². The number of hydrogen-bond donors (Lipinski definition) is 1. The van der Waals surface area contributed by atoms with Crippen LogP contribution >= 0.6 is 0 Å². The number of likely N-dealkylation sites (tertiary alicyclic amines) is 1. The van der Waals surface area contributed by atoms with Crippen LogP contribution in [0.15, 0.2) is 24.5 Å². The van der Waals surface area contributed by atoms with Crippen molar-refractivity contribution in [3.63, 3.8) is 0 Å². The van der Waals surface area contributed by atoms with Crippen LogP contribution in [0.3, 0.4) is 0 Å². The van der Waals surface area contributed by atoms with E-state index >= 15 is 0 Å². The van der Waals surface area contributed by atoms with Crippen LogP contribution in [-0.4, -0.2) is 49.9 Å². The number of aryl methyl sites for hydroxylation is 1. The van der Waals surface area contributed by atoms with E-state index in [-0.39, 0.29) is 17.4 Å². The topological polar surface area (TPSA) is 96.3 Å². The van der Waals surface area contributed by atoms with E-state index in [0.29, 0.717) is 30.2 Å². The summed E-state index contributed by atoms with van der Waals surface area (Å²) in [5.41, 5.74) is 2.21. The molecule has 0 spiro atoms. The molecule has 1 N–H and O–H groups in total. The molecule has 0 aliphatic carbocycles. The molecule has 7 nitrogen and oxygen atoms in total. The second-order valence-electron chi connectivity index (χ2n) is 5.97. The fourth-order valence-corrected chi connectivity index (χ4v) is 2.88. The highest BCUT2D eigenvalue weighted by molar-refractivity contribution is 5.88. The van der Waals surface area contributed by atoms with E-state index in [4.69, 9.17) is 5.11 Å². The quantitative estimate of drug-likeness (QED) is 0.925. The molecule has 124 valence electrons. The third kappa shape index (κ3) is 3.24. The minimum Gasteiger partial charge on any atom is -0.478 e. The van der Waals surface area contributed by atoms with Crippen molar-refractivity contribution in [2.24, 2.45) is 0 Å². The number of carbonyl (C=O) groups is 2. The summed E-state index contributed by atoms with van der Waals surface area (Å²) >= 11 is 0. The van der Waals surface area contributed by atoms with E-state index in [1.54, 1.807) is 24.1 Å². The van der Waals surface area contributed by atoms with Crippen molar-refractivity contribution in [2.75, 3.05) is 13.1 Å². The largest absolute Gasteiger partial charge is 0.478 e. The van der Waals surface area contributed by atoms with E-state index in [1.807, 2.05) is 13.0 Å². The Labute approximate surface area is 139 Å². The first-order valence-electron chi connectivity index (χ1n) is 7.74. The molecule has 1 saturated heterocycles. The number of aromatic carboxylic acids is 1. The van der Waals surface area contributed by atoms with E-state index < -0.39 is 5.97 Å². The van der Waals surface area contributed by atoms with Crippen molar-refractivity contribution in [1.82, 2.24) is 19.9 Å². The molecule has 0 bridgehead atoms. The van der Waals surface area contributed by atoms with Crippen molar-refractivity contribution in [2.45, 2.75) is 26.2 Å². The summed E-state index contributed by atoms with van der Waals surface area (Å²) in [5, 5.41) is 9.11. The van der Waals surface area contributed by atoms with Gasteiger partial charge in [-0.2, -0.15) is 0 Å². The third-order valence-electron chi connectivity index (χ3n) is 4.15. The van der Waals surface area contributed by atoms with Gasteiger partial charge in [0.25, 0.3) is 0 Å². The molecular weight excluding hydrogens is 308 g/mol. The van der Waals surface area contributed by atoms with Gasteiger partial charge < -0.3 is 10.0 Å². The van der Waals surface area contributed by atoms with Gasteiger partial charge in [-0.15, -0.1) is 0 Å². The van der Waals surface area contributed by atoms with Crippen molar-refractivity contribution in [3.8, 4) is 11.3 Å². The maximum Gasteiger partial charge on any atom is 0.337 e. The SMILES string of the molecule is CC(=O)N1CC[C@@H](c2nc(C)cc(-c3cncc(C(=O)O)c3)n2)C1. The molecule has 1 amide bonds. The Kier molecular flexibility index (Phi) is 4.24. The number of rotatable bonds is 3. The number of aromatic nitrogens is 3. The Balaban J connectivity index is 1.94. The van der Waals surface area contributed by atoms with E-state index in [9.17, 15) is 9.59 Å². The van der Waals surface area contributed by atoms with Crippen LogP contribution in [0.5, 0.6) is 0 Å². The molecule has 0 saturated carbocycles. The van der Waals surface area contributed by atoms with Gasteiger partial charge >= 0.3 is 5.97 Å². The summed E-state index contributed by atoms with van der Waals surface area (Å²) in [6.45, 7) is 4.77. The van der Waals surface area contributed by atoms with Crippen LogP contribution in [0, 0.1) is 6.92 Å². The number of carboxylic acid groups (broad SMARTS) is 1. The van der Waals surface area contributed by atoms with Crippen LogP contribution in [0.4, 0.5) is 0 Å². The average Bonchev–Trinajstić information content (AvgIpc) is 3.05. The predicted octanol–water partition coefficient (Wildman–Crippen LogP) is 1.88. The highest BCUT2D eigenvalue weighted by Crippen LogP contribution is 2.27. The minimum absolute atomic E-state index is 0.0590. The molecule has 0 radical (unpaired) electrons. The molecule has 1 atom stereocenters. The number of carbonyl (C=O) groups excluding carboxylic acids is 1. The predicted molar refractivity (Wildman–Crippen MR) is 86.6 cm³/mol. The summed E-state index contributed by atoms with van der Waals surface area (Å²) in [7, 11) is 0. The third-order valence-corrected chi connectivity index (χ3v) is 4.15. The maximum absolute atomic E-state index is 11.5. The smallest absolute Gasteiger partial charge is 0.337 e. The Hall–Kier alpha value is -2.83. The normalized spacial score (nSPS) is 17.1. The van der Waals surface area contributed by atoms with E-state index in [0.717, 1.165) is 12.1 Å². The van der Waals surface area contributed by atoms with Gasteiger partial charge in [0, 0.05) is 49.6 Å². The van der Waals surface area contributed by atoms with Crippen LogP contribution in [0.1, 0.15) is 41.1 Å². The highest BCUT2D eigenvalue weighted by Gasteiger charge is 2.28. The van der Waals surface area contributed by atoms with Crippen molar-refractivity contribution >= 4 is 11.9 Å². The first kappa shape index (κ1) is 16.0. The zero-order chi connectivity index (χ0) is 17.3. The van der Waals surface area contributed by atoms with E-state index in [2.05, 4.69) is 15.0 Å². The number of pyridine rings is 1. The monoisotopic (exact) mass is 326 g/mol. The molecule has 7 heteroatoms. The molecule has 1 fully saturated rings. The fourth-order valence-electron chi connectivity index (χ4n) is 2.88. The highest BCUT2D eigenvalue weighted by atomic mass is 16.4. The zero-order valence-electron chi connectivity index (χ0n) is 13.6. The Morgan fingerprint density at radius 3 is 2.71 bits per heavy atom. The lowest BCUT2D eigenvalue weighted by Crippen LogP contribution is -2.25. The van der Waals surface area contributed by atoms with Crippen LogP contribution in [-0.2, 0) is 4.79 Å². The van der Waals surface area contributed by atoms with Crippen LogP contribution in [0.2, 0.25) is 0 Å². The lowest BCUT2D eigenvalue weighted by Gasteiger charge is -2.14. The Morgan fingerprint density at radius 2 is 2.04 bits per heavy atom. The molecule has 1 aliphatic heterocycles. The summed E-state index contributed by atoms with van der Waals surface area (Å²) in [6.07, 6.45) is 3.73. The lowest BCUT2D eigenvalue weighted by atomic mass is 10.1. The molecule has 1 aliphatic rings. The summed E-state index contributed by atoms with van der Waals surface area (Å²) in [5.74, 6) is -0.176. The minimum atomic E-state index is -1.02. The first-order chi connectivity index (χ1) is 11.4. The molecule has 2 aromatic heterocycles. The van der Waals surface area contributed by atoms with Crippen LogP contribution < -0.4 is 0 Å². The molecule has 0 unspecified atom stereocenters. The van der Waals surface area contributed by atoms with Gasteiger partial charge in [0.1, 0.15) is 5.82 Å². The van der Waals surface area contributed by atoms with Gasteiger partial charge in [-0.25, -0.2) is 14.8 Å². The van der Waals surface area contributed by atoms with Gasteiger partial charge in [0.2, 0.25) is 5.91 Å². The second-order valence-corrected chi connectivity index (χ2v) is 5.97. The first-order valence-corrected chi connectivity index (χ1v) is 7.74. The molecule has 24 heavy (non-hydrogen) atoms. The molecular formula is C17H18N4O3. The maximum atomic E-state index is 11.5. The summed E-state index contributed by atoms with van der Waals surface area (Å²) < 4.78 is 0. The Morgan fingerprint density at radius 1 is 1.25 bits per heavy atom. The van der Waals surface area contributed by atoms with Crippen LogP contribution in [0.25, 0.3) is 11.3 Å². The number of hydrogen-bond acceptors (Lipinski definition) is 5. The number of carboxylic acids is 1. The van der Waals surface area contributed by atoms with E-state index in [1.165, 1.54) is 6.20 Å². The fraction of sp³-hybridized carbons (Fsp3) is 0.353. The number of amides is 1. The molecule has 3 heterocycles.